The normalized spacial score (nSPS) is 19.1. The lowest BCUT2D eigenvalue weighted by atomic mass is 10.1. The van der Waals surface area contributed by atoms with Gasteiger partial charge in [-0.25, -0.2) is 0 Å². The van der Waals surface area contributed by atoms with Gasteiger partial charge in [-0.1, -0.05) is 24.3 Å². The van der Waals surface area contributed by atoms with E-state index in [1.54, 1.807) is 0 Å². The van der Waals surface area contributed by atoms with E-state index in [1.807, 2.05) is 24.3 Å². The summed E-state index contributed by atoms with van der Waals surface area (Å²) in [7, 11) is 0. The number of aliphatic hydroxyl groups excluding tert-OH is 1. The van der Waals surface area contributed by atoms with Gasteiger partial charge in [0.05, 0.1) is 19.8 Å². The lowest BCUT2D eigenvalue weighted by Gasteiger charge is -2.23. The molecule has 1 fully saturated rings. The van der Waals surface area contributed by atoms with Crippen molar-refractivity contribution >= 4 is 5.91 Å². The fraction of sp³-hybridized carbons (Fsp3) is 0.500. The highest BCUT2D eigenvalue weighted by Gasteiger charge is 2.16. The van der Waals surface area contributed by atoms with E-state index in [9.17, 15) is 4.79 Å². The SMILES string of the molecule is O=C(CC1COCCN1)NCc1cccc(CO)c1. The van der Waals surface area contributed by atoms with E-state index in [4.69, 9.17) is 9.84 Å². The fourth-order valence-electron chi connectivity index (χ4n) is 2.09. The maximum Gasteiger partial charge on any atom is 0.221 e. The van der Waals surface area contributed by atoms with Crippen molar-refractivity contribution in [3.63, 3.8) is 0 Å². The smallest absolute Gasteiger partial charge is 0.221 e. The van der Waals surface area contributed by atoms with E-state index in [0.29, 0.717) is 26.2 Å². The van der Waals surface area contributed by atoms with Crippen LogP contribution in [0.3, 0.4) is 0 Å². The first-order valence-corrected chi connectivity index (χ1v) is 6.54. The minimum Gasteiger partial charge on any atom is -0.392 e. The molecule has 1 atom stereocenters. The van der Waals surface area contributed by atoms with Crippen molar-refractivity contribution in [2.45, 2.75) is 25.6 Å². The monoisotopic (exact) mass is 264 g/mol. The average molecular weight is 264 g/mol. The van der Waals surface area contributed by atoms with Crippen molar-refractivity contribution in [2.75, 3.05) is 19.8 Å². The standard InChI is InChI=1S/C14H20N2O3/c17-9-12-3-1-2-11(6-12)8-16-14(18)7-13-10-19-5-4-15-13/h1-3,6,13,15,17H,4-5,7-10H2,(H,16,18). The maximum atomic E-state index is 11.8. The van der Waals surface area contributed by atoms with Gasteiger partial charge in [0, 0.05) is 25.6 Å². The first kappa shape index (κ1) is 14.0. The topological polar surface area (TPSA) is 70.6 Å². The van der Waals surface area contributed by atoms with Crippen molar-refractivity contribution in [1.82, 2.24) is 10.6 Å². The number of ether oxygens (including phenoxy) is 1. The predicted molar refractivity (Wildman–Crippen MR) is 71.4 cm³/mol. The van der Waals surface area contributed by atoms with E-state index >= 15 is 0 Å². The van der Waals surface area contributed by atoms with Crippen LogP contribution < -0.4 is 10.6 Å². The third-order valence-electron chi connectivity index (χ3n) is 3.09. The number of hydrogen-bond donors (Lipinski definition) is 3. The second-order valence-electron chi connectivity index (χ2n) is 4.68. The lowest BCUT2D eigenvalue weighted by Crippen LogP contribution is -2.44. The predicted octanol–water partition coefficient (Wildman–Crippen LogP) is 0.174. The zero-order valence-electron chi connectivity index (χ0n) is 10.9. The molecule has 0 radical (unpaired) electrons. The van der Waals surface area contributed by atoms with Gasteiger partial charge < -0.3 is 20.5 Å². The molecule has 1 unspecified atom stereocenters. The number of nitrogens with one attached hydrogen (secondary N) is 2. The molecule has 5 nitrogen and oxygen atoms in total. The summed E-state index contributed by atoms with van der Waals surface area (Å²) >= 11 is 0. The average Bonchev–Trinajstić information content (AvgIpc) is 2.46. The van der Waals surface area contributed by atoms with Gasteiger partial charge in [0.15, 0.2) is 0 Å². The summed E-state index contributed by atoms with van der Waals surface area (Å²) in [5.41, 5.74) is 1.85. The van der Waals surface area contributed by atoms with Crippen LogP contribution in [0.25, 0.3) is 0 Å². The molecule has 1 aliphatic heterocycles. The molecule has 0 aromatic heterocycles. The van der Waals surface area contributed by atoms with E-state index in [2.05, 4.69) is 10.6 Å². The van der Waals surface area contributed by atoms with Crippen molar-refractivity contribution in [2.24, 2.45) is 0 Å². The Labute approximate surface area is 113 Å². The molecule has 1 aromatic rings. The van der Waals surface area contributed by atoms with Gasteiger partial charge >= 0.3 is 0 Å². The molecule has 3 N–H and O–H groups in total. The number of rotatable bonds is 5. The van der Waals surface area contributed by atoms with Gasteiger partial charge in [0.1, 0.15) is 0 Å². The minimum atomic E-state index is 0.0115. The fourth-order valence-corrected chi connectivity index (χ4v) is 2.09. The van der Waals surface area contributed by atoms with Crippen LogP contribution in [-0.2, 0) is 22.7 Å². The zero-order chi connectivity index (χ0) is 13.5. The number of carbonyl (C=O) groups is 1. The van der Waals surface area contributed by atoms with E-state index in [0.717, 1.165) is 17.7 Å². The third-order valence-corrected chi connectivity index (χ3v) is 3.09. The van der Waals surface area contributed by atoms with Crippen molar-refractivity contribution < 1.29 is 14.6 Å². The Morgan fingerprint density at radius 2 is 2.32 bits per heavy atom. The Morgan fingerprint density at radius 1 is 1.47 bits per heavy atom. The highest BCUT2D eigenvalue weighted by atomic mass is 16.5. The van der Waals surface area contributed by atoms with Gasteiger partial charge in [0.2, 0.25) is 5.91 Å². The van der Waals surface area contributed by atoms with Crippen LogP contribution in [0.15, 0.2) is 24.3 Å². The molecule has 2 rings (SSSR count). The van der Waals surface area contributed by atoms with Gasteiger partial charge in [-0.15, -0.1) is 0 Å². The second kappa shape index (κ2) is 7.23. The van der Waals surface area contributed by atoms with E-state index in [1.165, 1.54) is 0 Å². The molecule has 1 heterocycles. The zero-order valence-corrected chi connectivity index (χ0v) is 10.9. The molecule has 19 heavy (non-hydrogen) atoms. The third kappa shape index (κ3) is 4.63. The number of aliphatic hydroxyl groups is 1. The second-order valence-corrected chi connectivity index (χ2v) is 4.68. The molecule has 5 heteroatoms. The Bertz CT molecular complexity index is 417. The molecule has 1 amide bonds. The molecule has 0 saturated carbocycles. The Hall–Kier alpha value is -1.43. The summed E-state index contributed by atoms with van der Waals surface area (Å²) in [4.78, 5) is 11.8. The van der Waals surface area contributed by atoms with Crippen LogP contribution in [-0.4, -0.2) is 36.8 Å². The van der Waals surface area contributed by atoms with Crippen molar-refractivity contribution in [1.29, 1.82) is 0 Å². The Balaban J connectivity index is 1.76. The number of benzene rings is 1. The summed E-state index contributed by atoms with van der Waals surface area (Å²) in [6, 6.07) is 7.67. The molecular formula is C14H20N2O3. The van der Waals surface area contributed by atoms with Crippen LogP contribution >= 0.6 is 0 Å². The minimum absolute atomic E-state index is 0.0115. The van der Waals surface area contributed by atoms with Crippen molar-refractivity contribution in [3.8, 4) is 0 Å². The highest BCUT2D eigenvalue weighted by Crippen LogP contribution is 2.05. The van der Waals surface area contributed by atoms with Gasteiger partial charge in [-0.2, -0.15) is 0 Å². The molecule has 104 valence electrons. The first-order valence-electron chi connectivity index (χ1n) is 6.54. The number of hydrogen-bond acceptors (Lipinski definition) is 4. The van der Waals surface area contributed by atoms with Crippen molar-refractivity contribution in [3.05, 3.63) is 35.4 Å². The summed E-state index contributed by atoms with van der Waals surface area (Å²) < 4.78 is 5.31. The summed E-state index contributed by atoms with van der Waals surface area (Å²) in [5.74, 6) is 0.0115. The lowest BCUT2D eigenvalue weighted by molar-refractivity contribution is -0.122. The first-order chi connectivity index (χ1) is 9.28. The molecule has 1 aromatic carbocycles. The Morgan fingerprint density at radius 3 is 3.05 bits per heavy atom. The molecular weight excluding hydrogens is 244 g/mol. The molecule has 1 saturated heterocycles. The van der Waals surface area contributed by atoms with Gasteiger partial charge in [0.25, 0.3) is 0 Å². The molecule has 1 aliphatic rings. The number of carbonyl (C=O) groups excluding carboxylic acids is 1. The summed E-state index contributed by atoms with van der Waals surface area (Å²) in [6.45, 7) is 2.61. The van der Waals surface area contributed by atoms with E-state index < -0.39 is 0 Å². The number of morpholine rings is 1. The largest absolute Gasteiger partial charge is 0.392 e. The highest BCUT2D eigenvalue weighted by molar-refractivity contribution is 5.76. The van der Waals surface area contributed by atoms with Crippen LogP contribution in [0.1, 0.15) is 17.5 Å². The molecule has 0 spiro atoms. The van der Waals surface area contributed by atoms with Crippen LogP contribution in [0.2, 0.25) is 0 Å². The quantitative estimate of drug-likeness (QED) is 0.709. The maximum absolute atomic E-state index is 11.8. The number of amides is 1. The molecule has 0 bridgehead atoms. The Kier molecular flexibility index (Phi) is 5.32. The van der Waals surface area contributed by atoms with Gasteiger partial charge in [-0.05, 0) is 11.1 Å². The molecule has 0 aliphatic carbocycles. The van der Waals surface area contributed by atoms with E-state index in [-0.39, 0.29) is 18.6 Å². The summed E-state index contributed by atoms with van der Waals surface area (Å²) in [6.07, 6.45) is 0.430. The summed E-state index contributed by atoms with van der Waals surface area (Å²) in [5, 5.41) is 15.2. The van der Waals surface area contributed by atoms with Crippen LogP contribution in [0.5, 0.6) is 0 Å². The van der Waals surface area contributed by atoms with Crippen LogP contribution in [0, 0.1) is 0 Å². The van der Waals surface area contributed by atoms with Crippen LogP contribution in [0.4, 0.5) is 0 Å². The van der Waals surface area contributed by atoms with Gasteiger partial charge in [-0.3, -0.25) is 4.79 Å².